The van der Waals surface area contributed by atoms with Crippen molar-refractivity contribution in [3.8, 4) is 0 Å². The molecular formula is C16H19ClO4. The predicted octanol–water partition coefficient (Wildman–Crippen LogP) is 2.89. The maximum atomic E-state index is 11.7. The van der Waals surface area contributed by atoms with Crippen LogP contribution in [0, 0.1) is 0 Å². The molecule has 0 aromatic heterocycles. The third-order valence-corrected chi connectivity index (χ3v) is 3.04. The molecule has 4 nitrogen and oxygen atoms in total. The molecule has 1 aromatic rings. The topological polar surface area (TPSA) is 52.6 Å². The highest BCUT2D eigenvalue weighted by atomic mass is 35.5. The molecule has 1 atom stereocenters. The fraction of sp³-hybridized carbons (Fsp3) is 0.375. The van der Waals surface area contributed by atoms with Gasteiger partial charge in [-0.25, -0.2) is 4.79 Å². The minimum atomic E-state index is -0.689. The van der Waals surface area contributed by atoms with Gasteiger partial charge < -0.3 is 9.47 Å². The van der Waals surface area contributed by atoms with Gasteiger partial charge in [0.15, 0.2) is 0 Å². The van der Waals surface area contributed by atoms with E-state index in [1.807, 2.05) is 30.3 Å². The maximum Gasteiger partial charge on any atom is 0.330 e. The molecule has 0 spiro atoms. The number of carbonyl (C=O) groups is 2. The summed E-state index contributed by atoms with van der Waals surface area (Å²) in [6, 6.07) is 9.53. The highest BCUT2D eigenvalue weighted by Crippen LogP contribution is 2.10. The first kappa shape index (κ1) is 17.2. The van der Waals surface area contributed by atoms with Crippen LogP contribution in [0.2, 0.25) is 0 Å². The van der Waals surface area contributed by atoms with Crippen molar-refractivity contribution in [3.05, 3.63) is 48.6 Å². The van der Waals surface area contributed by atoms with Crippen molar-refractivity contribution >= 4 is 23.5 Å². The van der Waals surface area contributed by atoms with Crippen LogP contribution in [0.4, 0.5) is 0 Å². The van der Waals surface area contributed by atoms with Crippen LogP contribution in [0.15, 0.2) is 43.0 Å². The Hall–Kier alpha value is -1.81. The standard InChI is InChI=1S/C16H19ClO4/c1-2-15(18)20-10-6-7-11-21-16(19)14(17)12-13-8-4-3-5-9-13/h2-5,8-9,14H,1,6-7,10-12H2. The summed E-state index contributed by atoms with van der Waals surface area (Å²) in [4.78, 5) is 22.5. The van der Waals surface area contributed by atoms with Crippen molar-refractivity contribution in [1.82, 2.24) is 0 Å². The first-order valence-electron chi connectivity index (χ1n) is 6.77. The van der Waals surface area contributed by atoms with Crippen LogP contribution in [0.3, 0.4) is 0 Å². The Kier molecular flexibility index (Phi) is 8.21. The van der Waals surface area contributed by atoms with Gasteiger partial charge in [0.05, 0.1) is 13.2 Å². The fourth-order valence-corrected chi connectivity index (χ4v) is 1.84. The molecule has 114 valence electrons. The Labute approximate surface area is 129 Å². The summed E-state index contributed by atoms with van der Waals surface area (Å²) in [6.45, 7) is 3.85. The Morgan fingerprint density at radius 2 is 1.76 bits per heavy atom. The fourth-order valence-electron chi connectivity index (χ4n) is 1.60. The third-order valence-electron chi connectivity index (χ3n) is 2.71. The maximum absolute atomic E-state index is 11.7. The van der Waals surface area contributed by atoms with Gasteiger partial charge in [0.25, 0.3) is 0 Å². The molecule has 0 aliphatic heterocycles. The summed E-state index contributed by atoms with van der Waals surface area (Å²) in [6.07, 6.45) is 2.80. The van der Waals surface area contributed by atoms with Crippen molar-refractivity contribution in [2.45, 2.75) is 24.6 Å². The molecule has 0 saturated heterocycles. The molecule has 21 heavy (non-hydrogen) atoms. The average molecular weight is 311 g/mol. The van der Waals surface area contributed by atoms with Crippen LogP contribution >= 0.6 is 11.6 Å². The number of ether oxygens (including phenoxy) is 2. The highest BCUT2D eigenvalue weighted by Gasteiger charge is 2.17. The molecule has 0 N–H and O–H groups in total. The van der Waals surface area contributed by atoms with Crippen molar-refractivity contribution in [3.63, 3.8) is 0 Å². The lowest BCUT2D eigenvalue weighted by Gasteiger charge is -2.10. The number of hydrogen-bond acceptors (Lipinski definition) is 4. The second kappa shape index (κ2) is 10.00. The molecule has 0 heterocycles. The van der Waals surface area contributed by atoms with Crippen molar-refractivity contribution < 1.29 is 19.1 Å². The van der Waals surface area contributed by atoms with Gasteiger partial charge in [0.2, 0.25) is 0 Å². The lowest BCUT2D eigenvalue weighted by molar-refractivity contribution is -0.144. The zero-order chi connectivity index (χ0) is 15.5. The number of alkyl halides is 1. The summed E-state index contributed by atoms with van der Waals surface area (Å²) in [7, 11) is 0. The van der Waals surface area contributed by atoms with E-state index in [1.54, 1.807) is 0 Å². The molecule has 1 rings (SSSR count). The Balaban J connectivity index is 2.13. The van der Waals surface area contributed by atoms with Gasteiger partial charge in [0, 0.05) is 6.08 Å². The summed E-state index contributed by atoms with van der Waals surface area (Å²) in [5.74, 6) is -0.876. The molecule has 0 radical (unpaired) electrons. The van der Waals surface area contributed by atoms with Gasteiger partial charge in [-0.2, -0.15) is 0 Å². The van der Waals surface area contributed by atoms with Crippen LogP contribution in [0.25, 0.3) is 0 Å². The SMILES string of the molecule is C=CC(=O)OCCCCOC(=O)C(Cl)Cc1ccccc1. The van der Waals surface area contributed by atoms with E-state index < -0.39 is 17.3 Å². The van der Waals surface area contributed by atoms with E-state index in [0.717, 1.165) is 11.6 Å². The number of rotatable bonds is 9. The zero-order valence-electron chi connectivity index (χ0n) is 11.8. The summed E-state index contributed by atoms with van der Waals surface area (Å²) in [5.41, 5.74) is 0.991. The first-order chi connectivity index (χ1) is 10.1. The molecular weight excluding hydrogens is 292 g/mol. The number of hydrogen-bond donors (Lipinski definition) is 0. The molecule has 1 unspecified atom stereocenters. The molecule has 0 fully saturated rings. The van der Waals surface area contributed by atoms with Gasteiger partial charge in [-0.05, 0) is 24.8 Å². The van der Waals surface area contributed by atoms with E-state index in [0.29, 0.717) is 19.3 Å². The largest absolute Gasteiger partial charge is 0.465 e. The summed E-state index contributed by atoms with van der Waals surface area (Å²) < 4.78 is 9.88. The number of carbonyl (C=O) groups excluding carboxylic acids is 2. The number of halogens is 1. The predicted molar refractivity (Wildman–Crippen MR) is 81.1 cm³/mol. The second-order valence-electron chi connectivity index (χ2n) is 4.40. The van der Waals surface area contributed by atoms with Gasteiger partial charge in [-0.15, -0.1) is 11.6 Å². The molecule has 0 amide bonds. The van der Waals surface area contributed by atoms with Crippen LogP contribution in [-0.2, 0) is 25.5 Å². The lowest BCUT2D eigenvalue weighted by atomic mass is 10.1. The zero-order valence-corrected chi connectivity index (χ0v) is 12.6. The highest BCUT2D eigenvalue weighted by molar-refractivity contribution is 6.30. The van der Waals surface area contributed by atoms with E-state index in [-0.39, 0.29) is 13.2 Å². The molecule has 0 bridgehead atoms. The van der Waals surface area contributed by atoms with Gasteiger partial charge in [-0.3, -0.25) is 4.79 Å². The minimum Gasteiger partial charge on any atom is -0.465 e. The van der Waals surface area contributed by atoms with Gasteiger partial charge in [-0.1, -0.05) is 36.9 Å². The van der Waals surface area contributed by atoms with Crippen molar-refractivity contribution in [1.29, 1.82) is 0 Å². The third kappa shape index (κ3) is 7.51. The van der Waals surface area contributed by atoms with E-state index in [2.05, 4.69) is 6.58 Å². The smallest absolute Gasteiger partial charge is 0.330 e. The quantitative estimate of drug-likeness (QED) is 0.304. The summed E-state index contributed by atoms with van der Waals surface area (Å²) in [5, 5.41) is -0.689. The Bertz CT molecular complexity index is 459. The monoisotopic (exact) mass is 310 g/mol. The van der Waals surface area contributed by atoms with Crippen LogP contribution in [0.1, 0.15) is 18.4 Å². The van der Waals surface area contributed by atoms with Crippen molar-refractivity contribution in [2.75, 3.05) is 13.2 Å². The molecule has 1 aromatic carbocycles. The number of esters is 2. The normalized spacial score (nSPS) is 11.5. The van der Waals surface area contributed by atoms with E-state index >= 15 is 0 Å². The summed E-state index contributed by atoms with van der Waals surface area (Å²) >= 11 is 6.01. The van der Waals surface area contributed by atoms with Crippen LogP contribution < -0.4 is 0 Å². The van der Waals surface area contributed by atoms with E-state index in [9.17, 15) is 9.59 Å². The van der Waals surface area contributed by atoms with Gasteiger partial charge in [0.1, 0.15) is 5.38 Å². The Morgan fingerprint density at radius 3 is 2.38 bits per heavy atom. The number of unbranched alkanes of at least 4 members (excludes halogenated alkanes) is 1. The molecule has 0 saturated carbocycles. The molecule has 5 heteroatoms. The first-order valence-corrected chi connectivity index (χ1v) is 7.21. The Morgan fingerprint density at radius 1 is 1.14 bits per heavy atom. The molecule has 0 aliphatic carbocycles. The lowest BCUT2D eigenvalue weighted by Crippen LogP contribution is -2.21. The molecule has 0 aliphatic rings. The van der Waals surface area contributed by atoms with Crippen molar-refractivity contribution in [2.24, 2.45) is 0 Å². The number of benzene rings is 1. The van der Waals surface area contributed by atoms with E-state index in [4.69, 9.17) is 21.1 Å². The average Bonchev–Trinajstić information content (AvgIpc) is 2.51. The second-order valence-corrected chi connectivity index (χ2v) is 4.93. The van der Waals surface area contributed by atoms with Gasteiger partial charge >= 0.3 is 11.9 Å². The van der Waals surface area contributed by atoms with Crippen LogP contribution in [-0.4, -0.2) is 30.5 Å². The van der Waals surface area contributed by atoms with E-state index in [1.165, 1.54) is 0 Å². The minimum absolute atomic E-state index is 0.266. The van der Waals surface area contributed by atoms with Crippen LogP contribution in [0.5, 0.6) is 0 Å².